The number of hydrogen-bond donors (Lipinski definition) is 1. The molecule has 0 saturated carbocycles. The summed E-state index contributed by atoms with van der Waals surface area (Å²) in [5, 5.41) is 9.65. The van der Waals surface area contributed by atoms with E-state index >= 15 is 0 Å². The van der Waals surface area contributed by atoms with Crippen LogP contribution in [0.15, 0.2) is 54.6 Å². The number of halogens is 2. The van der Waals surface area contributed by atoms with Crippen LogP contribution in [0.3, 0.4) is 0 Å². The molecule has 2 aromatic carbocycles. The highest BCUT2D eigenvalue weighted by Gasteiger charge is 2.13. The Morgan fingerprint density at radius 2 is 1.86 bits per heavy atom. The number of nitrogens with zero attached hydrogens (tertiary/aromatic N) is 3. The molecule has 28 heavy (non-hydrogen) atoms. The van der Waals surface area contributed by atoms with Gasteiger partial charge in [0.1, 0.15) is 17.7 Å². The Labute approximate surface area is 168 Å². The summed E-state index contributed by atoms with van der Waals surface area (Å²) in [7, 11) is 0. The van der Waals surface area contributed by atoms with Gasteiger partial charge in [-0.1, -0.05) is 12.1 Å². The van der Waals surface area contributed by atoms with Crippen molar-refractivity contribution in [3.63, 3.8) is 0 Å². The molecular formula is C22H18ClFN4. The van der Waals surface area contributed by atoms with Gasteiger partial charge in [0, 0.05) is 17.1 Å². The highest BCUT2D eigenvalue weighted by molar-refractivity contribution is 5.90. The molecule has 0 spiro atoms. The Morgan fingerprint density at radius 1 is 1.14 bits per heavy atom. The van der Waals surface area contributed by atoms with E-state index in [1.807, 2.05) is 54.8 Å². The number of fused-ring (bicyclic) bond motifs is 1. The number of H-pyrrole nitrogens is 1. The van der Waals surface area contributed by atoms with Gasteiger partial charge < -0.3 is 9.55 Å². The van der Waals surface area contributed by atoms with E-state index in [4.69, 9.17) is 0 Å². The van der Waals surface area contributed by atoms with Crippen molar-refractivity contribution < 1.29 is 4.39 Å². The second kappa shape index (κ2) is 7.71. The van der Waals surface area contributed by atoms with Crippen LogP contribution in [-0.2, 0) is 0 Å². The summed E-state index contributed by atoms with van der Waals surface area (Å²) < 4.78 is 15.3. The molecule has 0 unspecified atom stereocenters. The highest BCUT2D eigenvalue weighted by Crippen LogP contribution is 2.25. The molecule has 0 aliphatic carbocycles. The van der Waals surface area contributed by atoms with Crippen molar-refractivity contribution in [3.8, 4) is 11.8 Å². The average Bonchev–Trinajstić information content (AvgIpc) is 3.21. The third-order valence-electron chi connectivity index (χ3n) is 4.62. The van der Waals surface area contributed by atoms with Crippen molar-refractivity contribution in [2.45, 2.75) is 13.8 Å². The number of imidazole rings is 1. The molecule has 0 atom stereocenters. The molecule has 0 saturated heterocycles. The van der Waals surface area contributed by atoms with Crippen LogP contribution in [0.4, 0.5) is 4.39 Å². The lowest BCUT2D eigenvalue weighted by atomic mass is 10.1. The SMILES string of the molecule is Cc1cc(/C=C(\C#N)c2nc3ccccc3[nH]2)c(C)n1-c1ccc(F)cc1.Cl. The molecule has 0 amide bonds. The maximum absolute atomic E-state index is 13.2. The first kappa shape index (κ1) is 19.4. The van der Waals surface area contributed by atoms with Gasteiger partial charge in [-0.25, -0.2) is 9.37 Å². The summed E-state index contributed by atoms with van der Waals surface area (Å²) in [6.45, 7) is 3.97. The lowest BCUT2D eigenvalue weighted by Gasteiger charge is -2.09. The van der Waals surface area contributed by atoms with Gasteiger partial charge in [-0.3, -0.25) is 0 Å². The van der Waals surface area contributed by atoms with E-state index in [0.29, 0.717) is 11.4 Å². The van der Waals surface area contributed by atoms with Crippen LogP contribution >= 0.6 is 12.4 Å². The second-order valence-corrected chi connectivity index (χ2v) is 6.41. The summed E-state index contributed by atoms with van der Waals surface area (Å²) in [6, 6.07) is 18.3. The van der Waals surface area contributed by atoms with Gasteiger partial charge in [0.15, 0.2) is 0 Å². The number of aromatic nitrogens is 3. The second-order valence-electron chi connectivity index (χ2n) is 6.41. The van der Waals surface area contributed by atoms with Gasteiger partial charge in [0.05, 0.1) is 16.6 Å². The van der Waals surface area contributed by atoms with Gasteiger partial charge in [-0.15, -0.1) is 12.4 Å². The molecule has 4 nitrogen and oxygen atoms in total. The highest BCUT2D eigenvalue weighted by atomic mass is 35.5. The molecule has 0 fully saturated rings. The van der Waals surface area contributed by atoms with Crippen LogP contribution < -0.4 is 0 Å². The minimum atomic E-state index is -0.266. The van der Waals surface area contributed by atoms with E-state index in [1.54, 1.807) is 12.1 Å². The largest absolute Gasteiger partial charge is 0.337 e. The predicted molar refractivity (Wildman–Crippen MR) is 112 cm³/mol. The molecule has 4 aromatic rings. The van der Waals surface area contributed by atoms with Gasteiger partial charge >= 0.3 is 0 Å². The summed E-state index contributed by atoms with van der Waals surface area (Å²) >= 11 is 0. The van der Waals surface area contributed by atoms with Crippen LogP contribution in [0, 0.1) is 31.0 Å². The normalized spacial score (nSPS) is 11.3. The Hall–Kier alpha value is -3.36. The fraction of sp³-hybridized carbons (Fsp3) is 0.0909. The molecule has 2 heterocycles. The molecule has 0 aliphatic heterocycles. The number of nitrogens with one attached hydrogen (secondary N) is 1. The Bertz CT molecular complexity index is 1180. The van der Waals surface area contributed by atoms with Crippen molar-refractivity contribution in [3.05, 3.63) is 83.2 Å². The van der Waals surface area contributed by atoms with E-state index in [-0.39, 0.29) is 18.2 Å². The zero-order valence-corrected chi connectivity index (χ0v) is 16.2. The Morgan fingerprint density at radius 3 is 2.54 bits per heavy atom. The number of allylic oxidation sites excluding steroid dienone is 1. The topological polar surface area (TPSA) is 57.4 Å². The van der Waals surface area contributed by atoms with Crippen molar-refractivity contribution >= 4 is 35.1 Å². The monoisotopic (exact) mass is 392 g/mol. The molecule has 2 aromatic heterocycles. The third-order valence-corrected chi connectivity index (χ3v) is 4.62. The summed E-state index contributed by atoms with van der Waals surface area (Å²) in [4.78, 5) is 7.71. The standard InChI is InChI=1S/C22H17FN4.ClH/c1-14-11-16(15(2)27(14)19-9-7-18(23)8-10-19)12-17(13-24)22-25-20-5-3-4-6-21(20)26-22;/h3-12H,1-2H3,(H,25,26);1H/b17-12+;. The average molecular weight is 393 g/mol. The third kappa shape index (κ3) is 3.42. The number of rotatable bonds is 3. The van der Waals surface area contributed by atoms with E-state index in [1.165, 1.54) is 12.1 Å². The van der Waals surface area contributed by atoms with Crippen molar-refractivity contribution in [2.24, 2.45) is 0 Å². The molecular weight excluding hydrogens is 375 g/mol. The van der Waals surface area contributed by atoms with Gasteiger partial charge in [-0.05, 0) is 68.0 Å². The number of nitriles is 1. The van der Waals surface area contributed by atoms with E-state index in [0.717, 1.165) is 33.7 Å². The van der Waals surface area contributed by atoms with Crippen molar-refractivity contribution in [2.75, 3.05) is 0 Å². The molecule has 1 N–H and O–H groups in total. The first-order valence-electron chi connectivity index (χ1n) is 8.58. The number of hydrogen-bond acceptors (Lipinski definition) is 2. The minimum Gasteiger partial charge on any atom is -0.337 e. The molecule has 0 bridgehead atoms. The lowest BCUT2D eigenvalue weighted by Crippen LogP contribution is -1.99. The minimum absolute atomic E-state index is 0. The first-order valence-corrected chi connectivity index (χ1v) is 8.58. The van der Waals surface area contributed by atoms with Gasteiger partial charge in [0.25, 0.3) is 0 Å². The van der Waals surface area contributed by atoms with Gasteiger partial charge in [-0.2, -0.15) is 5.26 Å². The number of para-hydroxylation sites is 2. The maximum Gasteiger partial charge on any atom is 0.149 e. The van der Waals surface area contributed by atoms with Crippen molar-refractivity contribution in [1.82, 2.24) is 14.5 Å². The summed E-state index contributed by atoms with van der Waals surface area (Å²) in [5.74, 6) is 0.281. The van der Waals surface area contributed by atoms with E-state index in [9.17, 15) is 9.65 Å². The number of aromatic amines is 1. The van der Waals surface area contributed by atoms with E-state index < -0.39 is 0 Å². The Kier molecular flexibility index (Phi) is 5.34. The predicted octanol–water partition coefficient (Wildman–Crippen LogP) is 5.60. The molecule has 140 valence electrons. The van der Waals surface area contributed by atoms with E-state index in [2.05, 4.69) is 16.0 Å². The fourth-order valence-corrected chi connectivity index (χ4v) is 3.31. The maximum atomic E-state index is 13.2. The summed E-state index contributed by atoms with van der Waals surface area (Å²) in [5.41, 5.74) is 5.97. The first-order chi connectivity index (χ1) is 13.1. The summed E-state index contributed by atoms with van der Waals surface area (Å²) in [6.07, 6.45) is 1.83. The Balaban J connectivity index is 0.00000225. The van der Waals surface area contributed by atoms with Crippen LogP contribution in [-0.4, -0.2) is 14.5 Å². The quantitative estimate of drug-likeness (QED) is 0.461. The molecule has 4 rings (SSSR count). The number of benzene rings is 2. The van der Waals surface area contributed by atoms with Gasteiger partial charge in [0.2, 0.25) is 0 Å². The van der Waals surface area contributed by atoms with Crippen LogP contribution in [0.25, 0.3) is 28.4 Å². The number of aryl methyl sites for hydroxylation is 1. The zero-order valence-electron chi connectivity index (χ0n) is 15.4. The fourth-order valence-electron chi connectivity index (χ4n) is 3.31. The molecule has 0 radical (unpaired) electrons. The lowest BCUT2D eigenvalue weighted by molar-refractivity contribution is 0.627. The van der Waals surface area contributed by atoms with Crippen molar-refractivity contribution in [1.29, 1.82) is 5.26 Å². The zero-order chi connectivity index (χ0) is 19.0. The van der Waals surface area contributed by atoms with Crippen LogP contribution in [0.5, 0.6) is 0 Å². The molecule has 0 aliphatic rings. The molecule has 6 heteroatoms. The smallest absolute Gasteiger partial charge is 0.149 e. The van der Waals surface area contributed by atoms with Crippen LogP contribution in [0.2, 0.25) is 0 Å². The van der Waals surface area contributed by atoms with Crippen LogP contribution in [0.1, 0.15) is 22.8 Å².